The first-order valence-electron chi connectivity index (χ1n) is 11.3. The Morgan fingerprint density at radius 3 is 1.83 bits per heavy atom. The molecular weight excluding hydrogens is 480 g/mol. The van der Waals surface area contributed by atoms with Crippen molar-refractivity contribution in [2.75, 3.05) is 26.4 Å². The number of nitrogens with zero attached hydrogens (tertiary/aromatic N) is 6. The van der Waals surface area contributed by atoms with Crippen LogP contribution >= 0.6 is 0 Å². The SMILES string of the molecule is Cn1nc(C(=O)NC2CCOCC2)cc1[N+](=O)[O-].Cn1nc([N+](=O)[O-])cc1C(=O)NC1CCOCC1. The number of hydrogen-bond acceptors (Lipinski definition) is 10. The number of aryl methyl sites for hydroxylation is 2. The summed E-state index contributed by atoms with van der Waals surface area (Å²) in [5, 5.41) is 34.3. The fourth-order valence-corrected chi connectivity index (χ4v) is 3.70. The molecule has 16 nitrogen and oxygen atoms in total. The predicted molar refractivity (Wildman–Crippen MR) is 122 cm³/mol. The van der Waals surface area contributed by atoms with E-state index in [-0.39, 0.29) is 46.9 Å². The van der Waals surface area contributed by atoms with Crippen molar-refractivity contribution in [3.05, 3.63) is 43.7 Å². The van der Waals surface area contributed by atoms with Gasteiger partial charge in [-0.25, -0.2) is 0 Å². The zero-order chi connectivity index (χ0) is 26.2. The minimum Gasteiger partial charge on any atom is -0.381 e. The number of hydrogen-bond donors (Lipinski definition) is 2. The van der Waals surface area contributed by atoms with Gasteiger partial charge in [0, 0.05) is 38.5 Å². The lowest BCUT2D eigenvalue weighted by atomic mass is 10.1. The molecule has 0 aromatic carbocycles. The predicted octanol–water partition coefficient (Wildman–Crippen LogP) is 0.474. The highest BCUT2D eigenvalue weighted by atomic mass is 16.6. The first kappa shape index (κ1) is 26.7. The van der Waals surface area contributed by atoms with Gasteiger partial charge in [0.15, 0.2) is 11.4 Å². The van der Waals surface area contributed by atoms with Crippen molar-refractivity contribution in [2.45, 2.75) is 37.8 Å². The number of carbonyl (C=O) groups excluding carboxylic acids is 2. The van der Waals surface area contributed by atoms with Gasteiger partial charge >= 0.3 is 11.6 Å². The molecular formula is C20H28N8O8. The maximum atomic E-state index is 11.9. The van der Waals surface area contributed by atoms with Crippen LogP contribution in [0.3, 0.4) is 0 Å². The van der Waals surface area contributed by atoms with Gasteiger partial charge in [0.1, 0.15) is 7.05 Å². The van der Waals surface area contributed by atoms with Crippen molar-refractivity contribution in [1.82, 2.24) is 30.2 Å². The monoisotopic (exact) mass is 508 g/mol. The zero-order valence-corrected chi connectivity index (χ0v) is 19.9. The summed E-state index contributed by atoms with van der Waals surface area (Å²) in [7, 11) is 2.94. The molecule has 4 heterocycles. The van der Waals surface area contributed by atoms with Gasteiger partial charge in [-0.1, -0.05) is 5.10 Å². The number of carbonyl (C=O) groups is 2. The van der Waals surface area contributed by atoms with Crippen LogP contribution in [0.25, 0.3) is 0 Å². The van der Waals surface area contributed by atoms with Gasteiger partial charge in [0.25, 0.3) is 11.8 Å². The molecule has 0 saturated carbocycles. The van der Waals surface area contributed by atoms with E-state index in [9.17, 15) is 29.8 Å². The van der Waals surface area contributed by atoms with Crippen molar-refractivity contribution in [2.24, 2.45) is 14.1 Å². The van der Waals surface area contributed by atoms with Crippen LogP contribution in [0.2, 0.25) is 0 Å². The minimum atomic E-state index is -0.620. The number of ether oxygens (including phenoxy) is 2. The van der Waals surface area contributed by atoms with Gasteiger partial charge in [0.2, 0.25) is 0 Å². The Balaban J connectivity index is 0.000000201. The first-order valence-corrected chi connectivity index (χ1v) is 11.3. The molecule has 2 amide bonds. The summed E-state index contributed by atoms with van der Waals surface area (Å²) in [6.07, 6.45) is 3.01. The molecule has 0 aliphatic carbocycles. The molecule has 0 atom stereocenters. The number of aromatic nitrogens is 4. The lowest BCUT2D eigenvalue weighted by Gasteiger charge is -2.22. The second-order valence-corrected chi connectivity index (χ2v) is 8.26. The number of rotatable bonds is 6. The van der Waals surface area contributed by atoms with Gasteiger partial charge in [-0.2, -0.15) is 4.68 Å². The molecule has 2 aromatic rings. The fraction of sp³-hybridized carbons (Fsp3) is 0.600. The van der Waals surface area contributed by atoms with Gasteiger partial charge in [-0.3, -0.25) is 9.59 Å². The Morgan fingerprint density at radius 2 is 1.39 bits per heavy atom. The van der Waals surface area contributed by atoms with Crippen LogP contribution in [0, 0.1) is 20.2 Å². The van der Waals surface area contributed by atoms with Crippen molar-refractivity contribution < 1.29 is 28.9 Å². The molecule has 2 aliphatic rings. The summed E-state index contributed by atoms with van der Waals surface area (Å²) in [6, 6.07) is 2.45. The van der Waals surface area contributed by atoms with Crippen molar-refractivity contribution in [3.63, 3.8) is 0 Å². The molecule has 2 saturated heterocycles. The Morgan fingerprint density at radius 1 is 0.861 bits per heavy atom. The molecule has 0 spiro atoms. The van der Waals surface area contributed by atoms with Gasteiger partial charge in [-0.15, -0.1) is 4.68 Å². The summed E-state index contributed by atoms with van der Waals surface area (Å²) in [5.41, 5.74) is 0.254. The number of nitrogens with one attached hydrogen (secondary N) is 2. The first-order chi connectivity index (χ1) is 17.2. The quantitative estimate of drug-likeness (QED) is 0.408. The molecule has 4 rings (SSSR count). The summed E-state index contributed by atoms with van der Waals surface area (Å²) >= 11 is 0. The smallest absolute Gasteiger partial charge is 0.381 e. The fourth-order valence-electron chi connectivity index (χ4n) is 3.70. The Labute approximate surface area is 205 Å². The van der Waals surface area contributed by atoms with Crippen LogP contribution in [0.1, 0.15) is 46.7 Å². The third kappa shape index (κ3) is 7.05. The Bertz CT molecular complexity index is 1100. The largest absolute Gasteiger partial charge is 0.390 e. The third-order valence-electron chi connectivity index (χ3n) is 5.67. The van der Waals surface area contributed by atoms with E-state index in [1.807, 2.05) is 0 Å². The third-order valence-corrected chi connectivity index (χ3v) is 5.67. The van der Waals surface area contributed by atoms with Crippen LogP contribution in [0.5, 0.6) is 0 Å². The standard InChI is InChI=1S/2C10H14N4O4/c1-13-8(6-9(12-13)14(16)17)10(15)11-7-2-4-18-5-3-7;1-13-9(14(16)17)6-8(12-13)10(15)11-7-2-4-18-5-3-7/h2*6-7H,2-5H2,1H3,(H,11,15). The number of nitro groups is 2. The van der Waals surface area contributed by atoms with Crippen LogP contribution in [-0.4, -0.2) is 79.7 Å². The lowest BCUT2D eigenvalue weighted by molar-refractivity contribution is -0.392. The van der Waals surface area contributed by atoms with E-state index >= 15 is 0 Å². The maximum absolute atomic E-state index is 11.9. The van der Waals surface area contributed by atoms with Gasteiger partial charge < -0.3 is 40.3 Å². The van der Waals surface area contributed by atoms with Crippen molar-refractivity contribution in [1.29, 1.82) is 0 Å². The zero-order valence-electron chi connectivity index (χ0n) is 19.9. The summed E-state index contributed by atoms with van der Waals surface area (Å²) in [6.45, 7) is 2.48. The number of amides is 2. The van der Waals surface area contributed by atoms with Gasteiger partial charge in [0.05, 0.1) is 24.3 Å². The van der Waals surface area contributed by atoms with Crippen LogP contribution in [0.15, 0.2) is 12.1 Å². The van der Waals surface area contributed by atoms with Crippen LogP contribution in [-0.2, 0) is 23.6 Å². The molecule has 2 fully saturated rings. The normalized spacial score (nSPS) is 16.5. The molecule has 2 N–H and O–H groups in total. The molecule has 0 radical (unpaired) electrons. The molecule has 0 unspecified atom stereocenters. The minimum absolute atomic E-state index is 0.0484. The van der Waals surface area contributed by atoms with E-state index in [1.54, 1.807) is 0 Å². The van der Waals surface area contributed by atoms with E-state index in [1.165, 1.54) is 30.9 Å². The molecule has 0 bridgehead atoms. The van der Waals surface area contributed by atoms with E-state index in [4.69, 9.17) is 9.47 Å². The average Bonchev–Trinajstić information content (AvgIpc) is 3.44. The summed E-state index contributed by atoms with van der Waals surface area (Å²) in [5.74, 6) is -1.25. The van der Waals surface area contributed by atoms with Crippen molar-refractivity contribution >= 4 is 23.5 Å². The maximum Gasteiger partial charge on any atom is 0.390 e. The topological polar surface area (TPSA) is 199 Å². The highest BCUT2D eigenvalue weighted by molar-refractivity contribution is 5.93. The highest BCUT2D eigenvalue weighted by Gasteiger charge is 2.24. The molecule has 2 aliphatic heterocycles. The van der Waals surface area contributed by atoms with Crippen molar-refractivity contribution in [3.8, 4) is 0 Å². The summed E-state index contributed by atoms with van der Waals surface area (Å²) < 4.78 is 12.7. The Hall–Kier alpha value is -3.92. The summed E-state index contributed by atoms with van der Waals surface area (Å²) in [4.78, 5) is 43.8. The van der Waals surface area contributed by atoms with Crippen LogP contribution in [0.4, 0.5) is 11.6 Å². The molecule has 16 heteroatoms. The van der Waals surface area contributed by atoms with Crippen LogP contribution < -0.4 is 10.6 Å². The highest BCUT2D eigenvalue weighted by Crippen LogP contribution is 2.14. The average molecular weight is 508 g/mol. The van der Waals surface area contributed by atoms with Gasteiger partial charge in [-0.05, 0) is 35.5 Å². The molecule has 196 valence electrons. The second kappa shape index (κ2) is 12.2. The van der Waals surface area contributed by atoms with E-state index in [2.05, 4.69) is 20.8 Å². The van der Waals surface area contributed by atoms with E-state index < -0.39 is 9.85 Å². The van der Waals surface area contributed by atoms with E-state index in [0.29, 0.717) is 26.4 Å². The van der Waals surface area contributed by atoms with E-state index in [0.717, 1.165) is 30.4 Å². The lowest BCUT2D eigenvalue weighted by Crippen LogP contribution is -2.39. The molecule has 2 aromatic heterocycles. The second-order valence-electron chi connectivity index (χ2n) is 8.26. The Kier molecular flexibility index (Phi) is 9.02. The molecule has 36 heavy (non-hydrogen) atoms.